The number of sulfonamides is 1. The van der Waals surface area contributed by atoms with Gasteiger partial charge in [0.05, 0.1) is 4.90 Å². The molecule has 4 nitrogen and oxygen atoms in total. The molecule has 0 aliphatic heterocycles. The quantitative estimate of drug-likeness (QED) is 0.888. The summed E-state index contributed by atoms with van der Waals surface area (Å²) in [5.41, 5.74) is 6.84. The second kappa shape index (κ2) is 6.70. The van der Waals surface area contributed by atoms with Crippen molar-refractivity contribution in [1.82, 2.24) is 4.31 Å². The Kier molecular flexibility index (Phi) is 5.16. The molecule has 0 aliphatic carbocycles. The van der Waals surface area contributed by atoms with Crippen LogP contribution in [0.3, 0.4) is 0 Å². The highest BCUT2D eigenvalue weighted by atomic mass is 32.2. The smallest absolute Gasteiger partial charge is 0.243 e. The topological polar surface area (TPSA) is 63.4 Å². The number of thiophene rings is 1. The second-order valence-electron chi connectivity index (χ2n) is 4.93. The first kappa shape index (κ1) is 16.2. The van der Waals surface area contributed by atoms with E-state index in [0.717, 1.165) is 16.9 Å². The first-order chi connectivity index (χ1) is 9.95. The Bertz CT molecular complexity index is 681. The van der Waals surface area contributed by atoms with Gasteiger partial charge >= 0.3 is 0 Å². The lowest BCUT2D eigenvalue weighted by molar-refractivity contribution is 0.469. The molecule has 0 spiro atoms. The van der Waals surface area contributed by atoms with E-state index in [1.165, 1.54) is 4.31 Å². The van der Waals surface area contributed by atoms with Gasteiger partial charge in [0.25, 0.3) is 0 Å². The molecule has 6 heteroatoms. The molecule has 1 unspecified atom stereocenters. The molecule has 2 aromatic rings. The van der Waals surface area contributed by atoms with Crippen LogP contribution in [0.4, 0.5) is 0 Å². The maximum Gasteiger partial charge on any atom is 0.243 e. The summed E-state index contributed by atoms with van der Waals surface area (Å²) in [6.07, 6.45) is 0.772. The van der Waals surface area contributed by atoms with Crippen LogP contribution in [-0.4, -0.2) is 19.8 Å². The van der Waals surface area contributed by atoms with Gasteiger partial charge in [0.1, 0.15) is 0 Å². The predicted molar refractivity (Wildman–Crippen MR) is 86.6 cm³/mol. The van der Waals surface area contributed by atoms with Crippen molar-refractivity contribution in [2.24, 2.45) is 5.73 Å². The van der Waals surface area contributed by atoms with Crippen molar-refractivity contribution >= 4 is 21.4 Å². The molecule has 0 amide bonds. The van der Waals surface area contributed by atoms with Crippen LogP contribution in [-0.2, 0) is 16.6 Å². The number of hydrogen-bond acceptors (Lipinski definition) is 4. The van der Waals surface area contributed by atoms with Gasteiger partial charge < -0.3 is 5.73 Å². The van der Waals surface area contributed by atoms with Crippen molar-refractivity contribution < 1.29 is 8.42 Å². The lowest BCUT2D eigenvalue weighted by atomic mass is 10.1. The molecule has 21 heavy (non-hydrogen) atoms. The zero-order valence-electron chi connectivity index (χ0n) is 12.2. The first-order valence-corrected chi connectivity index (χ1v) is 9.11. The average Bonchev–Trinajstić information content (AvgIpc) is 2.99. The van der Waals surface area contributed by atoms with Crippen molar-refractivity contribution in [1.29, 1.82) is 0 Å². The van der Waals surface area contributed by atoms with Gasteiger partial charge in [-0.05, 0) is 35.6 Å². The highest BCUT2D eigenvalue weighted by Crippen LogP contribution is 2.22. The van der Waals surface area contributed by atoms with Crippen molar-refractivity contribution in [3.63, 3.8) is 0 Å². The number of hydrogen-bond donors (Lipinski definition) is 1. The average molecular weight is 324 g/mol. The monoisotopic (exact) mass is 324 g/mol. The standard InChI is InChI=1S/C15H20N2O2S2/c1-3-15(16)12-6-4-8-14(10-12)21(18,19)17(2)11-13-7-5-9-20-13/h4-10,15H,3,11,16H2,1-2H3. The van der Waals surface area contributed by atoms with Gasteiger partial charge in [0.15, 0.2) is 0 Å². The minimum absolute atomic E-state index is 0.136. The lowest BCUT2D eigenvalue weighted by Crippen LogP contribution is -2.26. The number of rotatable bonds is 6. The minimum atomic E-state index is -3.49. The summed E-state index contributed by atoms with van der Waals surface area (Å²) in [5.74, 6) is 0. The molecule has 1 aromatic heterocycles. The van der Waals surface area contributed by atoms with Gasteiger partial charge in [-0.25, -0.2) is 8.42 Å². The zero-order chi connectivity index (χ0) is 15.5. The summed E-state index contributed by atoms with van der Waals surface area (Å²) in [7, 11) is -1.90. The first-order valence-electron chi connectivity index (χ1n) is 6.79. The van der Waals surface area contributed by atoms with Crippen LogP contribution in [0.25, 0.3) is 0 Å². The van der Waals surface area contributed by atoms with Crippen LogP contribution in [0.1, 0.15) is 29.8 Å². The molecule has 114 valence electrons. The summed E-state index contributed by atoms with van der Waals surface area (Å²) in [5, 5.41) is 1.94. The number of nitrogens with two attached hydrogens (primary N) is 1. The van der Waals surface area contributed by atoms with E-state index in [1.807, 2.05) is 30.5 Å². The van der Waals surface area contributed by atoms with Crippen LogP contribution in [0, 0.1) is 0 Å². The van der Waals surface area contributed by atoms with Gasteiger partial charge in [-0.15, -0.1) is 11.3 Å². The molecule has 1 aromatic carbocycles. The van der Waals surface area contributed by atoms with E-state index >= 15 is 0 Å². The normalized spacial score (nSPS) is 13.5. The van der Waals surface area contributed by atoms with Crippen molar-refractivity contribution in [3.05, 3.63) is 52.2 Å². The molecule has 0 saturated heterocycles. The van der Waals surface area contributed by atoms with Crippen molar-refractivity contribution in [3.8, 4) is 0 Å². The summed E-state index contributed by atoms with van der Waals surface area (Å²) in [6.45, 7) is 2.36. The molecular formula is C15H20N2O2S2. The highest BCUT2D eigenvalue weighted by Gasteiger charge is 2.22. The molecular weight excluding hydrogens is 304 g/mol. The van der Waals surface area contributed by atoms with Crippen LogP contribution < -0.4 is 5.73 Å². The molecule has 2 N–H and O–H groups in total. The summed E-state index contributed by atoms with van der Waals surface area (Å²) >= 11 is 1.55. The molecule has 0 saturated carbocycles. The van der Waals surface area contributed by atoms with E-state index in [4.69, 9.17) is 5.73 Å². The summed E-state index contributed by atoms with van der Waals surface area (Å²) in [6, 6.07) is 10.6. The van der Waals surface area contributed by atoms with Crippen LogP contribution >= 0.6 is 11.3 Å². The second-order valence-corrected chi connectivity index (χ2v) is 8.00. The Labute approximate surface area is 130 Å². The molecule has 2 rings (SSSR count). The lowest BCUT2D eigenvalue weighted by Gasteiger charge is -2.18. The Morgan fingerprint density at radius 3 is 2.67 bits per heavy atom. The fraction of sp³-hybridized carbons (Fsp3) is 0.333. The summed E-state index contributed by atoms with van der Waals surface area (Å²) < 4.78 is 26.6. The fourth-order valence-electron chi connectivity index (χ4n) is 2.03. The molecule has 0 fully saturated rings. The van der Waals surface area contributed by atoms with Gasteiger partial charge in [0, 0.05) is 24.5 Å². The van der Waals surface area contributed by atoms with Gasteiger partial charge in [-0.3, -0.25) is 0 Å². The molecule has 0 aliphatic rings. The van der Waals surface area contributed by atoms with Crippen molar-refractivity contribution in [2.45, 2.75) is 30.8 Å². The molecule has 1 heterocycles. The third kappa shape index (κ3) is 3.71. The third-order valence-electron chi connectivity index (χ3n) is 3.39. The van der Waals surface area contributed by atoms with Crippen LogP contribution in [0.5, 0.6) is 0 Å². The predicted octanol–water partition coefficient (Wildman–Crippen LogP) is 2.98. The van der Waals surface area contributed by atoms with Crippen LogP contribution in [0.2, 0.25) is 0 Å². The van der Waals surface area contributed by atoms with E-state index in [9.17, 15) is 8.42 Å². The minimum Gasteiger partial charge on any atom is -0.324 e. The van der Waals surface area contributed by atoms with Gasteiger partial charge in [-0.1, -0.05) is 25.1 Å². The van der Waals surface area contributed by atoms with Crippen molar-refractivity contribution in [2.75, 3.05) is 7.05 Å². The summed E-state index contributed by atoms with van der Waals surface area (Å²) in [4.78, 5) is 1.31. The maximum absolute atomic E-state index is 12.6. The van der Waals surface area contributed by atoms with E-state index in [0.29, 0.717) is 11.4 Å². The Hall–Kier alpha value is -1.21. The Morgan fingerprint density at radius 2 is 2.05 bits per heavy atom. The van der Waals surface area contributed by atoms with E-state index in [-0.39, 0.29) is 6.04 Å². The van der Waals surface area contributed by atoms with E-state index < -0.39 is 10.0 Å². The Balaban J connectivity index is 2.26. The zero-order valence-corrected chi connectivity index (χ0v) is 13.8. The van der Waals surface area contributed by atoms with Gasteiger partial charge in [0.2, 0.25) is 10.0 Å². The van der Waals surface area contributed by atoms with E-state index in [2.05, 4.69) is 0 Å². The molecule has 0 radical (unpaired) electrons. The fourth-order valence-corrected chi connectivity index (χ4v) is 4.07. The van der Waals surface area contributed by atoms with Gasteiger partial charge in [-0.2, -0.15) is 4.31 Å². The highest BCUT2D eigenvalue weighted by molar-refractivity contribution is 7.89. The molecule has 0 bridgehead atoms. The largest absolute Gasteiger partial charge is 0.324 e. The van der Waals surface area contributed by atoms with Crippen LogP contribution in [0.15, 0.2) is 46.7 Å². The number of nitrogens with zero attached hydrogens (tertiary/aromatic N) is 1. The maximum atomic E-state index is 12.6. The molecule has 1 atom stereocenters. The number of benzene rings is 1. The SMILES string of the molecule is CCC(N)c1cccc(S(=O)(=O)N(C)Cc2cccs2)c1. The van der Waals surface area contributed by atoms with E-state index in [1.54, 1.807) is 36.6 Å². The Morgan fingerprint density at radius 1 is 1.29 bits per heavy atom. The third-order valence-corrected chi connectivity index (χ3v) is 6.05.